The first-order valence-corrected chi connectivity index (χ1v) is 7.37. The molecule has 2 aromatic carbocycles. The Bertz CT molecular complexity index is 697. The molecule has 23 heavy (non-hydrogen) atoms. The van der Waals surface area contributed by atoms with Gasteiger partial charge >= 0.3 is 0 Å². The number of methoxy groups -OCH3 is 1. The standard InChI is InChI=1S/C18H21N3O2/c1-13-9-10-17(23-3)16(11-13)14(2)20-21-18(22)12-19-15-7-5-4-6-8-15/h4-11,19H,12H2,1-3H3,(H,21,22)/b20-14-. The minimum atomic E-state index is -0.208. The normalized spacial score (nSPS) is 11.0. The largest absolute Gasteiger partial charge is 0.496 e. The molecule has 1 amide bonds. The second kappa shape index (κ2) is 7.98. The van der Waals surface area contributed by atoms with Crippen LogP contribution in [-0.2, 0) is 4.79 Å². The van der Waals surface area contributed by atoms with E-state index in [0.29, 0.717) is 5.71 Å². The van der Waals surface area contributed by atoms with E-state index in [0.717, 1.165) is 22.6 Å². The van der Waals surface area contributed by atoms with Crippen molar-refractivity contribution in [1.29, 1.82) is 0 Å². The van der Waals surface area contributed by atoms with E-state index in [1.807, 2.05) is 62.4 Å². The van der Waals surface area contributed by atoms with Gasteiger partial charge in [0.1, 0.15) is 5.75 Å². The van der Waals surface area contributed by atoms with Gasteiger partial charge in [0.2, 0.25) is 0 Å². The van der Waals surface area contributed by atoms with Gasteiger partial charge in [0, 0.05) is 11.3 Å². The summed E-state index contributed by atoms with van der Waals surface area (Å²) < 4.78 is 5.33. The first kappa shape index (κ1) is 16.5. The number of para-hydroxylation sites is 1. The highest BCUT2D eigenvalue weighted by Gasteiger charge is 2.07. The monoisotopic (exact) mass is 311 g/mol. The molecule has 0 saturated carbocycles. The Morgan fingerprint density at radius 2 is 1.91 bits per heavy atom. The maximum Gasteiger partial charge on any atom is 0.259 e. The van der Waals surface area contributed by atoms with E-state index < -0.39 is 0 Å². The molecule has 0 fully saturated rings. The van der Waals surface area contributed by atoms with Gasteiger partial charge in [-0.25, -0.2) is 5.43 Å². The van der Waals surface area contributed by atoms with Crippen molar-refractivity contribution in [3.63, 3.8) is 0 Å². The molecule has 2 rings (SSSR count). The number of benzene rings is 2. The molecule has 120 valence electrons. The van der Waals surface area contributed by atoms with Crippen molar-refractivity contribution in [3.05, 3.63) is 59.7 Å². The highest BCUT2D eigenvalue weighted by molar-refractivity contribution is 6.01. The number of ether oxygens (including phenoxy) is 1. The van der Waals surface area contributed by atoms with Gasteiger partial charge in [-0.2, -0.15) is 5.10 Å². The molecule has 0 aliphatic carbocycles. The SMILES string of the molecule is COc1ccc(C)cc1/C(C)=N\NC(=O)CNc1ccccc1. The number of aryl methyl sites for hydroxylation is 1. The predicted octanol–water partition coefficient (Wildman–Crippen LogP) is 2.96. The Morgan fingerprint density at radius 3 is 2.61 bits per heavy atom. The summed E-state index contributed by atoms with van der Waals surface area (Å²) in [6, 6.07) is 15.4. The van der Waals surface area contributed by atoms with E-state index >= 15 is 0 Å². The Balaban J connectivity index is 1.96. The van der Waals surface area contributed by atoms with E-state index in [1.165, 1.54) is 0 Å². The third kappa shape index (κ3) is 4.85. The van der Waals surface area contributed by atoms with Crippen LogP contribution in [0.4, 0.5) is 5.69 Å². The van der Waals surface area contributed by atoms with Crippen molar-refractivity contribution in [2.75, 3.05) is 19.0 Å². The fourth-order valence-electron chi connectivity index (χ4n) is 2.09. The van der Waals surface area contributed by atoms with Gasteiger partial charge in [0.15, 0.2) is 0 Å². The maximum absolute atomic E-state index is 11.9. The van der Waals surface area contributed by atoms with Crippen molar-refractivity contribution < 1.29 is 9.53 Å². The molecule has 0 heterocycles. The summed E-state index contributed by atoms with van der Waals surface area (Å²) >= 11 is 0. The van der Waals surface area contributed by atoms with Crippen LogP contribution in [0, 0.1) is 6.92 Å². The molecule has 0 bridgehead atoms. The summed E-state index contributed by atoms with van der Waals surface area (Å²) in [5.74, 6) is 0.522. The number of nitrogens with one attached hydrogen (secondary N) is 2. The molecule has 0 radical (unpaired) electrons. The minimum Gasteiger partial charge on any atom is -0.496 e. The third-order valence-electron chi connectivity index (χ3n) is 3.32. The molecule has 0 aliphatic rings. The summed E-state index contributed by atoms with van der Waals surface area (Å²) in [7, 11) is 1.61. The average Bonchev–Trinajstić information content (AvgIpc) is 2.58. The fourth-order valence-corrected chi connectivity index (χ4v) is 2.09. The highest BCUT2D eigenvalue weighted by atomic mass is 16.5. The van der Waals surface area contributed by atoms with Crippen LogP contribution < -0.4 is 15.5 Å². The highest BCUT2D eigenvalue weighted by Crippen LogP contribution is 2.20. The lowest BCUT2D eigenvalue weighted by molar-refractivity contribution is -0.119. The van der Waals surface area contributed by atoms with Crippen LogP contribution in [0.5, 0.6) is 5.75 Å². The zero-order chi connectivity index (χ0) is 16.7. The molecule has 0 spiro atoms. The van der Waals surface area contributed by atoms with E-state index in [-0.39, 0.29) is 12.5 Å². The van der Waals surface area contributed by atoms with Gasteiger partial charge in [-0.15, -0.1) is 0 Å². The van der Waals surface area contributed by atoms with Crippen molar-refractivity contribution in [2.24, 2.45) is 5.10 Å². The van der Waals surface area contributed by atoms with Crippen LogP contribution in [0.1, 0.15) is 18.1 Å². The molecule has 0 aliphatic heterocycles. The van der Waals surface area contributed by atoms with Crippen molar-refractivity contribution in [2.45, 2.75) is 13.8 Å². The Labute approximate surface area is 136 Å². The molecule has 2 aromatic rings. The number of amides is 1. The van der Waals surface area contributed by atoms with Crippen molar-refractivity contribution in [1.82, 2.24) is 5.43 Å². The molecular formula is C18H21N3O2. The molecule has 0 atom stereocenters. The summed E-state index contributed by atoms with van der Waals surface area (Å²) in [5, 5.41) is 7.19. The van der Waals surface area contributed by atoms with Crippen LogP contribution in [0.3, 0.4) is 0 Å². The zero-order valence-electron chi connectivity index (χ0n) is 13.6. The number of hydrazone groups is 1. The Morgan fingerprint density at radius 1 is 1.17 bits per heavy atom. The Hall–Kier alpha value is -2.82. The van der Waals surface area contributed by atoms with E-state index in [1.54, 1.807) is 7.11 Å². The molecule has 5 heteroatoms. The summed E-state index contributed by atoms with van der Waals surface area (Å²) in [6.07, 6.45) is 0. The first-order chi connectivity index (χ1) is 11.1. The molecule has 5 nitrogen and oxygen atoms in total. The number of carbonyl (C=O) groups excluding carboxylic acids is 1. The average molecular weight is 311 g/mol. The van der Waals surface area contributed by atoms with Crippen LogP contribution in [0.2, 0.25) is 0 Å². The van der Waals surface area contributed by atoms with E-state index in [2.05, 4.69) is 15.8 Å². The van der Waals surface area contributed by atoms with Crippen LogP contribution in [-0.4, -0.2) is 25.3 Å². The van der Waals surface area contributed by atoms with Gasteiger partial charge in [-0.3, -0.25) is 4.79 Å². The second-order valence-corrected chi connectivity index (χ2v) is 5.16. The van der Waals surface area contributed by atoms with Crippen LogP contribution >= 0.6 is 0 Å². The summed E-state index contributed by atoms with van der Waals surface area (Å²) in [6.45, 7) is 3.99. The van der Waals surface area contributed by atoms with Crippen molar-refractivity contribution in [3.8, 4) is 5.75 Å². The van der Waals surface area contributed by atoms with Gasteiger partial charge in [0.25, 0.3) is 5.91 Å². The maximum atomic E-state index is 11.9. The molecule has 0 aromatic heterocycles. The molecule has 0 unspecified atom stereocenters. The van der Waals surface area contributed by atoms with E-state index in [9.17, 15) is 4.79 Å². The van der Waals surface area contributed by atoms with E-state index in [4.69, 9.17) is 4.74 Å². The van der Waals surface area contributed by atoms with Gasteiger partial charge in [-0.1, -0.05) is 29.8 Å². The lowest BCUT2D eigenvalue weighted by Crippen LogP contribution is -2.26. The lowest BCUT2D eigenvalue weighted by atomic mass is 10.1. The van der Waals surface area contributed by atoms with Gasteiger partial charge in [-0.05, 0) is 38.1 Å². The topological polar surface area (TPSA) is 62.7 Å². The van der Waals surface area contributed by atoms with Crippen LogP contribution in [0.25, 0.3) is 0 Å². The van der Waals surface area contributed by atoms with Crippen molar-refractivity contribution >= 4 is 17.3 Å². The van der Waals surface area contributed by atoms with Gasteiger partial charge in [0.05, 0.1) is 19.4 Å². The molecule has 0 saturated heterocycles. The number of hydrogen-bond acceptors (Lipinski definition) is 4. The number of hydrogen-bond donors (Lipinski definition) is 2. The summed E-state index contributed by atoms with van der Waals surface area (Å²) in [4.78, 5) is 11.9. The summed E-state index contributed by atoms with van der Waals surface area (Å²) in [5.41, 5.74) is 6.11. The lowest BCUT2D eigenvalue weighted by Gasteiger charge is -2.10. The zero-order valence-corrected chi connectivity index (χ0v) is 13.6. The first-order valence-electron chi connectivity index (χ1n) is 7.37. The number of nitrogens with zero attached hydrogens (tertiary/aromatic N) is 1. The second-order valence-electron chi connectivity index (χ2n) is 5.16. The third-order valence-corrected chi connectivity index (χ3v) is 3.32. The Kier molecular flexibility index (Phi) is 5.74. The predicted molar refractivity (Wildman–Crippen MR) is 93.0 cm³/mol. The number of rotatable bonds is 6. The van der Waals surface area contributed by atoms with Crippen LogP contribution in [0.15, 0.2) is 53.6 Å². The quantitative estimate of drug-likeness (QED) is 0.637. The smallest absolute Gasteiger partial charge is 0.259 e. The fraction of sp³-hybridized carbons (Fsp3) is 0.222. The minimum absolute atomic E-state index is 0.158. The number of carbonyl (C=O) groups is 1. The van der Waals surface area contributed by atoms with Gasteiger partial charge < -0.3 is 10.1 Å². The molecule has 2 N–H and O–H groups in total. The number of anilines is 1. The molecular weight excluding hydrogens is 290 g/mol.